The van der Waals surface area contributed by atoms with Crippen molar-refractivity contribution in [2.75, 3.05) is 10.2 Å². The average molecular weight is 2390 g/mol. The zero-order valence-electron chi connectivity index (χ0n) is 86.5. The van der Waals surface area contributed by atoms with Crippen molar-refractivity contribution in [2.24, 2.45) is 10.2 Å². The summed E-state index contributed by atoms with van der Waals surface area (Å²) in [4.78, 5) is 27.6. The number of para-hydroxylation sites is 3. The quantitative estimate of drug-likeness (QED) is 0.0305. The Hall–Kier alpha value is -14.9. The van der Waals surface area contributed by atoms with Gasteiger partial charge >= 0.3 is 0 Å². The third-order valence-electron chi connectivity index (χ3n) is 23.1. The Balaban J connectivity index is 0.000000144. The van der Waals surface area contributed by atoms with Gasteiger partial charge in [0.15, 0.2) is 18.5 Å². The van der Waals surface area contributed by atoms with Crippen molar-refractivity contribution in [1.82, 2.24) is 24.4 Å². The average Bonchev–Trinajstić information content (AvgIpc) is 1.59. The number of aliphatic hydroxyl groups excluding tert-OH is 1. The number of carbonyl (C=O) groups is 1. The van der Waals surface area contributed by atoms with Crippen LogP contribution in [0.4, 0.5) is 17.1 Å². The summed E-state index contributed by atoms with van der Waals surface area (Å²) in [5.41, 5.74) is 25.5. The van der Waals surface area contributed by atoms with E-state index in [1.165, 1.54) is 108 Å². The summed E-state index contributed by atoms with van der Waals surface area (Å²) in [6.07, 6.45) is 22.4. The van der Waals surface area contributed by atoms with E-state index in [1.54, 1.807) is 12.4 Å². The van der Waals surface area contributed by atoms with Gasteiger partial charge < -0.3 is 29.9 Å². The molecule has 6 aliphatic heterocycles. The molecule has 18 aromatic rings. The molecule has 0 spiro atoms. The Bertz CT molecular complexity index is 7910. The number of carbonyl (C=O) groups excluding carboxylic acids is 1. The number of ether oxygens (including phenoxy) is 1. The van der Waals surface area contributed by atoms with Gasteiger partial charge in [0.25, 0.3) is 5.82 Å². The molecule has 3 radical (unpaired) electrons. The maximum atomic E-state index is 10.0. The Morgan fingerprint density at radius 1 is 0.567 bits per heavy atom. The van der Waals surface area contributed by atoms with E-state index in [-0.39, 0.29) is 140 Å². The van der Waals surface area contributed by atoms with Crippen LogP contribution >= 0.6 is 0 Å². The Labute approximate surface area is 880 Å². The number of anilines is 2. The predicted octanol–water partition coefficient (Wildman–Crippen LogP) is 29.6. The van der Waals surface area contributed by atoms with Gasteiger partial charge in [-0.05, 0) is 156 Å². The van der Waals surface area contributed by atoms with Crippen LogP contribution in [0.1, 0.15) is 125 Å². The molecule has 0 atom stereocenters. The van der Waals surface area contributed by atoms with Gasteiger partial charge in [-0.15, -0.1) is 96.3 Å². The van der Waals surface area contributed by atoms with Crippen molar-refractivity contribution in [3.63, 3.8) is 0 Å². The normalized spacial score (nSPS) is 13.2. The van der Waals surface area contributed by atoms with Gasteiger partial charge in [-0.25, -0.2) is 4.57 Å². The maximum absolute atomic E-state index is 10.0. The maximum Gasteiger partial charge on any atom is 0.294 e. The fourth-order valence-corrected chi connectivity index (χ4v) is 16.8. The van der Waals surface area contributed by atoms with Crippen LogP contribution in [-0.4, -0.2) is 41.4 Å². The van der Waals surface area contributed by atoms with Gasteiger partial charge in [0.2, 0.25) is 5.69 Å². The third kappa shape index (κ3) is 25.1. The van der Waals surface area contributed by atoms with Crippen molar-refractivity contribution in [1.29, 1.82) is 0 Å². The predicted molar refractivity (Wildman–Crippen MR) is 564 cm³/mol. The van der Waals surface area contributed by atoms with E-state index in [9.17, 15) is 4.79 Å². The Kier molecular flexibility index (Phi) is 32.5. The largest absolute Gasteiger partial charge is 0.527 e. The molecule has 24 rings (SSSR count). The number of hydrogen-bond donors (Lipinski definition) is 2. The van der Waals surface area contributed by atoms with E-state index in [0.717, 1.165) is 91.5 Å². The molecule has 0 bridgehead atoms. The number of aliphatic hydroxyl groups is 1. The second-order valence-corrected chi connectivity index (χ2v) is 33.8. The molecule has 5 aromatic heterocycles. The van der Waals surface area contributed by atoms with Crippen molar-refractivity contribution in [3.05, 3.63) is 507 Å². The molecule has 0 aliphatic carbocycles. The minimum Gasteiger partial charge on any atom is -0.527 e. The molecule has 14 nitrogen and oxygen atoms in total. The molecule has 11 heterocycles. The fourth-order valence-electron chi connectivity index (χ4n) is 16.8. The number of pyridine rings is 4. The molecule has 0 saturated heterocycles. The first kappa shape index (κ1) is 92.5. The van der Waals surface area contributed by atoms with Gasteiger partial charge in [0.05, 0.1) is 55.2 Å². The van der Waals surface area contributed by atoms with E-state index >= 15 is 0 Å². The SMILES string of the molecule is C.C=C1Oc2ccccc2[C-]=C1c1ccccn1.CC(=O)C=C(C)O.CC(C)N=Nc1c2c3c(cccc3c3ccccc13)CN2.CC(C)c1cccc(C(C)C)c1-n1cc[n+]2c1-c1ccccc1C2.[2H]c1c([2H])c([2H])c2c(c1[2H])C[n+]1c([2H])c([2H])c([2H])c([2H])c1-2.[Ir].[Ir].[Ir].[c-]1ccccc1-c1cc(-c2ccccc2)c2cc(-c3ccccc3)ccc2n1.[c-]1ccccc1-c1ccccn1.[c-]1ccccc1N1C=C2C=CC=CN2[CH-]1. The molecule has 6 aliphatic rings. The molecule has 0 unspecified atom stereocenters. The summed E-state index contributed by atoms with van der Waals surface area (Å²) in [5.74, 6) is 3.62. The molecule has 0 fully saturated rings. The molecule has 0 saturated carbocycles. The summed E-state index contributed by atoms with van der Waals surface area (Å²) in [6, 6.07) is 111. The summed E-state index contributed by atoms with van der Waals surface area (Å²) >= 11 is 0. The van der Waals surface area contributed by atoms with Crippen molar-refractivity contribution in [3.8, 4) is 78.9 Å². The Morgan fingerprint density at radius 2 is 1.18 bits per heavy atom. The number of allylic oxidation sites excluding steroid dienone is 6. The monoisotopic (exact) mass is 2390 g/mol. The zero-order chi connectivity index (χ0) is 101. The van der Waals surface area contributed by atoms with Gasteiger partial charge in [-0.2, -0.15) is 49.7 Å². The molecule has 2 N–H and O–H groups in total. The number of azo groups is 1. The van der Waals surface area contributed by atoms with Gasteiger partial charge in [-0.3, -0.25) is 14.8 Å². The van der Waals surface area contributed by atoms with Crippen molar-refractivity contribution in [2.45, 2.75) is 100 Å². The molecular formula is C124H110Ir3N11O3-3. The second kappa shape index (κ2) is 49.6. The smallest absolute Gasteiger partial charge is 0.294 e. The van der Waals surface area contributed by atoms with Crippen LogP contribution in [0.25, 0.3) is 111 Å². The van der Waals surface area contributed by atoms with Crippen LogP contribution in [0.3, 0.4) is 0 Å². The number of aromatic nitrogens is 6. The van der Waals surface area contributed by atoms with Crippen LogP contribution in [0.15, 0.2) is 447 Å². The zero-order valence-corrected chi connectivity index (χ0v) is 85.7. The van der Waals surface area contributed by atoms with E-state index < -0.39 is 12.1 Å². The molecule has 17 heteroatoms. The third-order valence-corrected chi connectivity index (χ3v) is 23.1. The number of fused-ring (bicyclic) bond motifs is 11. The standard InChI is InChI=1S/C27H18N.C22H25N2.C18H17N3.C15H10NO.C13H10N2.C12H10N.C11H8N.C5H8O2.CH4.3Ir/c1-4-10-20(11-5-1)23-16-17-26-25(18-23)24(21-12-6-2-7-13-21)19-27(28-26)22-14-8-3-9-15-22;1-15(2)18-10-7-11-19(16(3)4)21(18)24-13-12-23-14-17-8-5-6-9-20(17)22(23)24;1-11(2)20-21-17-15-8-4-3-7-13(15)14-9-5-6-12-10-19-18(17)16(12)14;1-11-13(14-7-4-5-9-16-14)10-12-6-2-3-8-15(12)17-11;1-2-6-12(7-3-1)15-10-13-8-4-5-9-14(13)11-15;1-2-6-11-10(5-1)9-13-8-4-3-7-12(11)13;1-2-6-10(7-3-1)11-8-4-5-9-12-11;1-4(6)3-5(2)7;;;;/h1-14,16-19H;5-13,15-16H,14H2,1-4H3;3-9,11,19H,10H2,1-2H3;2-9H,1H2;1-6,8-11H;1-8H,9H2;1-6,8-9H;3,6H,1-2H3;1H4;;;/q-1;+1;;-1;-2;+1;-1;;;;;/i;;;;;1D,2D,3D,4D,5D,6D,7D,8D;;;;;;. The first-order valence-electron chi connectivity index (χ1n) is 49.6. The van der Waals surface area contributed by atoms with Crippen molar-refractivity contribution < 1.29 is 95.1 Å². The van der Waals surface area contributed by atoms with Crippen LogP contribution in [0.2, 0.25) is 0 Å². The Morgan fingerprint density at radius 3 is 1.85 bits per heavy atom. The number of hydrogen-bond acceptors (Lipinski definition) is 11. The van der Waals surface area contributed by atoms with E-state index in [2.05, 4.69) is 291 Å². The van der Waals surface area contributed by atoms with Gasteiger partial charge in [-0.1, -0.05) is 271 Å². The number of rotatable bonds is 12. The summed E-state index contributed by atoms with van der Waals surface area (Å²) in [5, 5.41) is 27.0. The first-order chi connectivity index (χ1) is 70.3. The van der Waals surface area contributed by atoms with E-state index in [0.29, 0.717) is 23.2 Å². The molecule has 13 aromatic carbocycles. The van der Waals surface area contributed by atoms with Gasteiger partial charge in [0, 0.05) is 147 Å². The molecule has 141 heavy (non-hydrogen) atoms. The van der Waals surface area contributed by atoms with Crippen LogP contribution < -0.4 is 24.1 Å². The van der Waals surface area contributed by atoms with Gasteiger partial charge in [0.1, 0.15) is 31.7 Å². The second-order valence-electron chi connectivity index (χ2n) is 33.8. The summed E-state index contributed by atoms with van der Waals surface area (Å²) in [7, 11) is 0. The van der Waals surface area contributed by atoms with Crippen LogP contribution in [0, 0.1) is 30.9 Å². The minimum atomic E-state index is -0.411. The van der Waals surface area contributed by atoms with E-state index in [4.69, 9.17) is 25.8 Å². The van der Waals surface area contributed by atoms with Crippen molar-refractivity contribution >= 4 is 60.9 Å². The number of benzene rings is 13. The van der Waals surface area contributed by atoms with Crippen LogP contribution in [0.5, 0.6) is 5.75 Å². The first-order valence-corrected chi connectivity index (χ1v) is 45.6. The van der Waals surface area contributed by atoms with Crippen LogP contribution in [-0.2, 0) is 84.7 Å². The number of imidazole rings is 1. The number of ketones is 1. The summed E-state index contributed by atoms with van der Waals surface area (Å²) in [6.45, 7) is 23.9. The topological polar surface area (TPSA) is 141 Å². The molecule has 709 valence electrons. The number of nitrogens with one attached hydrogen (secondary N) is 1. The summed E-state index contributed by atoms with van der Waals surface area (Å²) < 4.78 is 74.3. The molecule has 0 amide bonds. The molecular weight excluding hydrogens is 2270 g/mol. The minimum absolute atomic E-state index is 0. The van der Waals surface area contributed by atoms with E-state index in [1.807, 2.05) is 178 Å². The fraction of sp³-hybridized carbons (Fsp3) is 0.121. The number of nitrogens with zero attached hydrogens (tertiary/aromatic N) is 10.